The maximum absolute atomic E-state index is 4.51. The summed E-state index contributed by atoms with van der Waals surface area (Å²) in [6.45, 7) is 2.12. The third-order valence-electron chi connectivity index (χ3n) is 3.46. The van der Waals surface area contributed by atoms with Crippen LogP contribution in [0.25, 0.3) is 0 Å². The molecule has 2 nitrogen and oxygen atoms in total. The summed E-state index contributed by atoms with van der Waals surface area (Å²) in [5.41, 5.74) is 3.81. The Bertz CT molecular complexity index is 527. The highest BCUT2D eigenvalue weighted by atomic mass is 79.9. The van der Waals surface area contributed by atoms with Crippen molar-refractivity contribution in [2.75, 3.05) is 10.7 Å². The first-order valence-corrected chi connectivity index (χ1v) is 8.51. The first-order chi connectivity index (χ1) is 9.09. The SMILES string of the molecule is Cc1ccc(C(CBr)(CBr)Cc2ccn(C)n2)cc1. The summed E-state index contributed by atoms with van der Waals surface area (Å²) < 4.78 is 1.86. The van der Waals surface area contributed by atoms with Crippen LogP contribution in [0.15, 0.2) is 36.5 Å². The Morgan fingerprint density at radius 2 is 1.74 bits per heavy atom. The zero-order chi connectivity index (χ0) is 13.9. The van der Waals surface area contributed by atoms with E-state index in [0.29, 0.717) is 0 Å². The monoisotopic (exact) mass is 384 g/mol. The van der Waals surface area contributed by atoms with Crippen molar-refractivity contribution in [1.29, 1.82) is 0 Å². The Morgan fingerprint density at radius 1 is 1.11 bits per heavy atom. The van der Waals surface area contributed by atoms with Crippen LogP contribution in [0.1, 0.15) is 16.8 Å². The molecule has 2 rings (SSSR count). The van der Waals surface area contributed by atoms with Gasteiger partial charge in [-0.1, -0.05) is 61.7 Å². The summed E-state index contributed by atoms with van der Waals surface area (Å²) in [5.74, 6) is 0. The van der Waals surface area contributed by atoms with Crippen molar-refractivity contribution in [2.24, 2.45) is 7.05 Å². The number of halogens is 2. The molecule has 0 radical (unpaired) electrons. The minimum Gasteiger partial charge on any atom is -0.276 e. The summed E-state index contributed by atoms with van der Waals surface area (Å²) in [6.07, 6.45) is 2.92. The number of rotatable bonds is 5. The molecule has 0 unspecified atom stereocenters. The van der Waals surface area contributed by atoms with E-state index in [0.717, 1.165) is 22.8 Å². The molecule has 1 heterocycles. The minimum atomic E-state index is 0.0437. The summed E-state index contributed by atoms with van der Waals surface area (Å²) in [6, 6.07) is 10.9. The van der Waals surface area contributed by atoms with E-state index >= 15 is 0 Å². The van der Waals surface area contributed by atoms with Gasteiger partial charge >= 0.3 is 0 Å². The van der Waals surface area contributed by atoms with E-state index in [4.69, 9.17) is 0 Å². The van der Waals surface area contributed by atoms with Crippen molar-refractivity contribution in [3.05, 3.63) is 53.3 Å². The van der Waals surface area contributed by atoms with E-state index in [1.165, 1.54) is 11.1 Å². The highest BCUT2D eigenvalue weighted by Crippen LogP contribution is 2.32. The van der Waals surface area contributed by atoms with E-state index < -0.39 is 0 Å². The number of nitrogens with zero attached hydrogens (tertiary/aromatic N) is 2. The smallest absolute Gasteiger partial charge is 0.0633 e. The van der Waals surface area contributed by atoms with Crippen LogP contribution in [-0.4, -0.2) is 20.4 Å². The Hall–Kier alpha value is -0.610. The Morgan fingerprint density at radius 3 is 2.21 bits per heavy atom. The molecule has 19 heavy (non-hydrogen) atoms. The number of aryl methyl sites for hydroxylation is 2. The number of hydrogen-bond acceptors (Lipinski definition) is 1. The van der Waals surface area contributed by atoms with Crippen LogP contribution in [0.2, 0.25) is 0 Å². The molecule has 0 bridgehead atoms. The molecule has 0 aliphatic carbocycles. The van der Waals surface area contributed by atoms with Gasteiger partial charge in [0.1, 0.15) is 0 Å². The second-order valence-electron chi connectivity index (χ2n) is 5.07. The van der Waals surface area contributed by atoms with Crippen LogP contribution in [0.4, 0.5) is 0 Å². The molecule has 0 saturated heterocycles. The van der Waals surface area contributed by atoms with Gasteiger partial charge in [-0.25, -0.2) is 0 Å². The molecule has 0 aliphatic rings. The second-order valence-corrected chi connectivity index (χ2v) is 6.19. The van der Waals surface area contributed by atoms with Gasteiger partial charge in [0.15, 0.2) is 0 Å². The fourth-order valence-corrected chi connectivity index (χ4v) is 4.17. The number of benzene rings is 1. The molecule has 0 saturated carbocycles. The van der Waals surface area contributed by atoms with Gasteiger partial charge in [0, 0.05) is 35.7 Å². The lowest BCUT2D eigenvalue weighted by Crippen LogP contribution is -2.33. The molecule has 102 valence electrons. The molecule has 0 spiro atoms. The van der Waals surface area contributed by atoms with Crippen molar-refractivity contribution in [3.8, 4) is 0 Å². The quantitative estimate of drug-likeness (QED) is 0.711. The van der Waals surface area contributed by atoms with E-state index in [1.54, 1.807) is 0 Å². The van der Waals surface area contributed by atoms with Crippen molar-refractivity contribution in [2.45, 2.75) is 18.8 Å². The van der Waals surface area contributed by atoms with Crippen LogP contribution in [0.3, 0.4) is 0 Å². The molecular weight excluding hydrogens is 368 g/mol. The molecule has 0 amide bonds. The van der Waals surface area contributed by atoms with Crippen LogP contribution >= 0.6 is 31.9 Å². The number of hydrogen-bond donors (Lipinski definition) is 0. The van der Waals surface area contributed by atoms with Gasteiger partial charge in [-0.15, -0.1) is 0 Å². The highest BCUT2D eigenvalue weighted by molar-refractivity contribution is 9.09. The van der Waals surface area contributed by atoms with Crippen LogP contribution in [-0.2, 0) is 18.9 Å². The van der Waals surface area contributed by atoms with Crippen LogP contribution in [0, 0.1) is 6.92 Å². The Kier molecular flexibility index (Phi) is 4.85. The molecule has 2 aromatic rings. The van der Waals surface area contributed by atoms with Gasteiger partial charge in [-0.05, 0) is 18.6 Å². The van der Waals surface area contributed by atoms with Gasteiger partial charge in [-0.3, -0.25) is 4.68 Å². The first kappa shape index (κ1) is 14.8. The zero-order valence-electron chi connectivity index (χ0n) is 11.2. The largest absolute Gasteiger partial charge is 0.276 e. The van der Waals surface area contributed by atoms with E-state index in [9.17, 15) is 0 Å². The fraction of sp³-hybridized carbons (Fsp3) is 0.400. The Labute approximate surface area is 131 Å². The van der Waals surface area contributed by atoms with E-state index in [-0.39, 0.29) is 5.41 Å². The molecule has 0 aliphatic heterocycles. The van der Waals surface area contributed by atoms with Gasteiger partial charge in [0.25, 0.3) is 0 Å². The predicted molar refractivity (Wildman–Crippen MR) is 87.4 cm³/mol. The zero-order valence-corrected chi connectivity index (χ0v) is 14.4. The van der Waals surface area contributed by atoms with Crippen molar-refractivity contribution >= 4 is 31.9 Å². The molecule has 0 fully saturated rings. The molecule has 0 N–H and O–H groups in total. The standard InChI is InChI=1S/C15H18Br2N2/c1-12-3-5-13(6-4-12)15(10-16,11-17)9-14-7-8-19(2)18-14/h3-8H,9-11H2,1-2H3. The van der Waals surface area contributed by atoms with Crippen molar-refractivity contribution in [1.82, 2.24) is 9.78 Å². The maximum Gasteiger partial charge on any atom is 0.0633 e. The van der Waals surface area contributed by atoms with Crippen LogP contribution in [0.5, 0.6) is 0 Å². The number of alkyl halides is 2. The predicted octanol–water partition coefficient (Wildman–Crippen LogP) is 4.00. The molecular formula is C15H18Br2N2. The summed E-state index contributed by atoms with van der Waals surface area (Å²) in [5, 5.41) is 6.32. The van der Waals surface area contributed by atoms with Crippen LogP contribution < -0.4 is 0 Å². The average Bonchev–Trinajstić information content (AvgIpc) is 2.82. The molecule has 4 heteroatoms. The lowest BCUT2D eigenvalue weighted by molar-refractivity contribution is 0.537. The third-order valence-corrected chi connectivity index (χ3v) is 5.61. The van der Waals surface area contributed by atoms with Gasteiger partial charge in [-0.2, -0.15) is 5.10 Å². The first-order valence-electron chi connectivity index (χ1n) is 6.27. The highest BCUT2D eigenvalue weighted by Gasteiger charge is 2.31. The number of aromatic nitrogens is 2. The summed E-state index contributed by atoms with van der Waals surface area (Å²) >= 11 is 7.38. The molecule has 1 aromatic heterocycles. The lowest BCUT2D eigenvalue weighted by atomic mass is 9.80. The summed E-state index contributed by atoms with van der Waals surface area (Å²) in [4.78, 5) is 0. The Balaban J connectivity index is 2.33. The second kappa shape index (κ2) is 6.23. The van der Waals surface area contributed by atoms with Gasteiger partial charge in [0.2, 0.25) is 0 Å². The minimum absolute atomic E-state index is 0.0437. The maximum atomic E-state index is 4.51. The summed E-state index contributed by atoms with van der Waals surface area (Å²) in [7, 11) is 1.96. The van der Waals surface area contributed by atoms with E-state index in [1.807, 2.05) is 17.9 Å². The van der Waals surface area contributed by atoms with Crippen molar-refractivity contribution < 1.29 is 0 Å². The van der Waals surface area contributed by atoms with Gasteiger partial charge < -0.3 is 0 Å². The third kappa shape index (κ3) is 3.29. The topological polar surface area (TPSA) is 17.8 Å². The lowest BCUT2D eigenvalue weighted by Gasteiger charge is -2.30. The average molecular weight is 386 g/mol. The fourth-order valence-electron chi connectivity index (χ4n) is 2.20. The molecule has 0 atom stereocenters. The normalized spacial score (nSPS) is 11.8. The van der Waals surface area contributed by atoms with Gasteiger partial charge in [0.05, 0.1) is 5.69 Å². The molecule has 1 aromatic carbocycles. The van der Waals surface area contributed by atoms with Crippen molar-refractivity contribution in [3.63, 3.8) is 0 Å². The van der Waals surface area contributed by atoms with E-state index in [2.05, 4.69) is 74.2 Å².